The Morgan fingerprint density at radius 2 is 1.64 bits per heavy atom. The van der Waals surface area contributed by atoms with Crippen molar-refractivity contribution in [1.29, 1.82) is 0 Å². The van der Waals surface area contributed by atoms with Gasteiger partial charge in [0.1, 0.15) is 16.5 Å². The highest BCUT2D eigenvalue weighted by atomic mass is 32.1. The molecule has 0 aliphatic carbocycles. The maximum absolute atomic E-state index is 12.8. The highest BCUT2D eigenvalue weighted by Gasteiger charge is 2.34. The van der Waals surface area contributed by atoms with Crippen molar-refractivity contribution >= 4 is 22.3 Å². The van der Waals surface area contributed by atoms with Gasteiger partial charge in [-0.2, -0.15) is 13.2 Å². The van der Waals surface area contributed by atoms with Gasteiger partial charge in [0, 0.05) is 26.2 Å². The lowest BCUT2D eigenvalue weighted by atomic mass is 10.3. The van der Waals surface area contributed by atoms with Gasteiger partial charge in [-0.3, -0.25) is 0 Å². The molecule has 0 aromatic carbocycles. The molecule has 3 heterocycles. The Hall–Kier alpha value is -1.90. The van der Waals surface area contributed by atoms with Crippen molar-refractivity contribution in [3.63, 3.8) is 0 Å². The molecule has 22 heavy (non-hydrogen) atoms. The monoisotopic (exact) mass is 332 g/mol. The van der Waals surface area contributed by atoms with Crippen LogP contribution in [0.5, 0.6) is 0 Å². The van der Waals surface area contributed by atoms with E-state index < -0.39 is 16.9 Å². The molecule has 1 aliphatic heterocycles. The summed E-state index contributed by atoms with van der Waals surface area (Å²) in [6, 6.07) is 2.93. The van der Waals surface area contributed by atoms with Gasteiger partial charge < -0.3 is 9.80 Å². The Kier molecular flexibility index (Phi) is 3.90. The van der Waals surface area contributed by atoms with Crippen molar-refractivity contribution in [2.75, 3.05) is 36.0 Å². The maximum Gasteiger partial charge on any atom is 0.427 e. The summed E-state index contributed by atoms with van der Waals surface area (Å²) in [6.45, 7) is 2.28. The van der Waals surface area contributed by atoms with Crippen LogP contribution in [0.2, 0.25) is 0 Å². The molecule has 0 amide bonds. The van der Waals surface area contributed by atoms with Crippen molar-refractivity contribution < 1.29 is 17.6 Å². The number of pyridine rings is 1. The minimum atomic E-state index is -4.35. The number of alkyl halides is 3. The van der Waals surface area contributed by atoms with E-state index in [-0.39, 0.29) is 0 Å². The van der Waals surface area contributed by atoms with E-state index in [1.165, 1.54) is 6.07 Å². The molecule has 0 N–H and O–H groups in total. The van der Waals surface area contributed by atoms with Crippen molar-refractivity contribution in [2.45, 2.75) is 6.18 Å². The maximum atomic E-state index is 12.8. The molecule has 0 atom stereocenters. The zero-order valence-electron chi connectivity index (χ0n) is 11.3. The summed E-state index contributed by atoms with van der Waals surface area (Å²) in [5.41, 5.74) is 0. The summed E-state index contributed by atoms with van der Waals surface area (Å²) in [5, 5.41) is 0.374. The molecule has 0 unspecified atom stereocenters. The number of thiazole rings is 1. The third kappa shape index (κ3) is 3.13. The molecule has 2 aromatic rings. The van der Waals surface area contributed by atoms with Crippen molar-refractivity contribution in [1.82, 2.24) is 9.97 Å². The second kappa shape index (κ2) is 5.71. The Morgan fingerprint density at radius 1 is 0.955 bits per heavy atom. The van der Waals surface area contributed by atoms with Gasteiger partial charge in [0.25, 0.3) is 0 Å². The van der Waals surface area contributed by atoms with Gasteiger partial charge in [0.05, 0.1) is 12.4 Å². The SMILES string of the molecule is Fc1ccc(N2CCN(c3ncc(C(F)(F)F)s3)CC2)nc1. The fourth-order valence-electron chi connectivity index (χ4n) is 2.22. The summed E-state index contributed by atoms with van der Waals surface area (Å²) in [7, 11) is 0. The van der Waals surface area contributed by atoms with Crippen LogP contribution in [-0.4, -0.2) is 36.1 Å². The fraction of sp³-hybridized carbons (Fsp3) is 0.385. The molecule has 0 spiro atoms. The Balaban J connectivity index is 1.64. The van der Waals surface area contributed by atoms with E-state index in [1.807, 2.05) is 9.80 Å². The predicted octanol–water partition coefficient (Wildman–Crippen LogP) is 3.02. The largest absolute Gasteiger partial charge is 0.427 e. The summed E-state index contributed by atoms with van der Waals surface area (Å²) in [6.07, 6.45) is -2.33. The van der Waals surface area contributed by atoms with Crippen LogP contribution < -0.4 is 9.80 Å². The third-order valence-electron chi connectivity index (χ3n) is 3.36. The van der Waals surface area contributed by atoms with E-state index in [9.17, 15) is 17.6 Å². The van der Waals surface area contributed by atoms with Crippen LogP contribution in [0.15, 0.2) is 24.5 Å². The average Bonchev–Trinajstić information content (AvgIpc) is 2.98. The van der Waals surface area contributed by atoms with E-state index >= 15 is 0 Å². The first-order valence-corrected chi connectivity index (χ1v) is 7.39. The summed E-state index contributed by atoms with van der Waals surface area (Å²) in [4.78, 5) is 11.0. The minimum absolute atomic E-state index is 0.374. The van der Waals surface area contributed by atoms with E-state index in [2.05, 4.69) is 9.97 Å². The molecule has 1 saturated heterocycles. The molecular formula is C13H12F4N4S. The van der Waals surface area contributed by atoms with Crippen LogP contribution in [0.4, 0.5) is 28.5 Å². The lowest BCUT2D eigenvalue weighted by Crippen LogP contribution is -2.46. The first-order valence-electron chi connectivity index (χ1n) is 6.58. The molecule has 1 aliphatic rings. The molecule has 2 aromatic heterocycles. The molecule has 4 nitrogen and oxygen atoms in total. The number of anilines is 2. The highest BCUT2D eigenvalue weighted by Crippen LogP contribution is 2.36. The Labute approximate surface area is 128 Å². The average molecular weight is 332 g/mol. The van der Waals surface area contributed by atoms with Gasteiger partial charge in [0.2, 0.25) is 0 Å². The lowest BCUT2D eigenvalue weighted by Gasteiger charge is -2.35. The van der Waals surface area contributed by atoms with Crippen molar-refractivity contribution in [3.05, 3.63) is 35.2 Å². The first-order chi connectivity index (χ1) is 10.4. The van der Waals surface area contributed by atoms with Crippen LogP contribution >= 0.6 is 11.3 Å². The number of piperazine rings is 1. The van der Waals surface area contributed by atoms with Gasteiger partial charge >= 0.3 is 6.18 Å². The Morgan fingerprint density at radius 3 is 2.18 bits per heavy atom. The number of hydrogen-bond acceptors (Lipinski definition) is 5. The third-order valence-corrected chi connectivity index (χ3v) is 4.46. The zero-order chi connectivity index (χ0) is 15.7. The zero-order valence-corrected chi connectivity index (χ0v) is 12.2. The van der Waals surface area contributed by atoms with E-state index in [1.54, 1.807) is 6.07 Å². The van der Waals surface area contributed by atoms with E-state index in [4.69, 9.17) is 0 Å². The molecule has 1 fully saturated rings. The van der Waals surface area contributed by atoms with Crippen molar-refractivity contribution in [2.24, 2.45) is 0 Å². The summed E-state index contributed by atoms with van der Waals surface area (Å²) < 4.78 is 50.6. The van der Waals surface area contributed by atoms with Gasteiger partial charge in [0.15, 0.2) is 5.13 Å². The summed E-state index contributed by atoms with van der Waals surface area (Å²) >= 11 is 0.651. The van der Waals surface area contributed by atoms with E-state index in [0.29, 0.717) is 48.5 Å². The highest BCUT2D eigenvalue weighted by molar-refractivity contribution is 7.15. The number of hydrogen-bond donors (Lipinski definition) is 0. The molecule has 0 radical (unpaired) electrons. The topological polar surface area (TPSA) is 32.3 Å². The van der Waals surface area contributed by atoms with Crippen molar-refractivity contribution in [3.8, 4) is 0 Å². The standard InChI is InChI=1S/C13H12F4N4S/c14-9-1-2-11(18-7-9)20-3-5-21(6-4-20)12-19-8-10(22-12)13(15,16)17/h1-2,7-8H,3-6H2. The van der Waals surface area contributed by atoms with Crippen LogP contribution in [-0.2, 0) is 6.18 Å². The minimum Gasteiger partial charge on any atom is -0.353 e. The first kappa shape index (κ1) is 15.0. The fourth-order valence-corrected chi connectivity index (χ4v) is 3.06. The van der Waals surface area contributed by atoms with Gasteiger partial charge in [-0.15, -0.1) is 0 Å². The summed E-state index contributed by atoms with van der Waals surface area (Å²) in [5.74, 6) is 0.265. The lowest BCUT2D eigenvalue weighted by molar-refractivity contribution is -0.134. The van der Waals surface area contributed by atoms with Crippen LogP contribution in [0.3, 0.4) is 0 Å². The molecule has 0 bridgehead atoms. The number of nitrogens with zero attached hydrogens (tertiary/aromatic N) is 4. The van der Waals surface area contributed by atoms with Crippen LogP contribution in [0.1, 0.15) is 4.88 Å². The normalized spacial score (nSPS) is 16.2. The number of aromatic nitrogens is 2. The molecular weight excluding hydrogens is 320 g/mol. The molecule has 0 saturated carbocycles. The Bertz CT molecular complexity index is 632. The van der Waals surface area contributed by atoms with Gasteiger partial charge in [-0.25, -0.2) is 14.4 Å². The van der Waals surface area contributed by atoms with Crippen LogP contribution in [0.25, 0.3) is 0 Å². The van der Waals surface area contributed by atoms with Gasteiger partial charge in [-0.1, -0.05) is 11.3 Å². The van der Waals surface area contributed by atoms with Gasteiger partial charge in [-0.05, 0) is 12.1 Å². The van der Waals surface area contributed by atoms with Crippen LogP contribution in [0, 0.1) is 5.82 Å². The molecule has 3 rings (SSSR count). The second-order valence-corrected chi connectivity index (χ2v) is 5.82. The number of rotatable bonds is 2. The second-order valence-electron chi connectivity index (χ2n) is 4.81. The van der Waals surface area contributed by atoms with E-state index in [0.717, 1.165) is 12.4 Å². The predicted molar refractivity (Wildman–Crippen MR) is 75.7 cm³/mol. The molecule has 9 heteroatoms. The smallest absolute Gasteiger partial charge is 0.353 e. The molecule has 118 valence electrons. The number of halogens is 4. The quantitative estimate of drug-likeness (QED) is 0.792.